The first kappa shape index (κ1) is 10.6. The number of halogens is 2. The standard InChI is InChI=1S/C12H7Cl2N3/c13-8-4-3-5-9(14)11(8)12-15-10-6-1-2-7-17(10)16-12/h1-7H. The second kappa shape index (κ2) is 4.02. The van der Waals surface area contributed by atoms with Crippen LogP contribution in [0.2, 0.25) is 10.0 Å². The van der Waals surface area contributed by atoms with Crippen LogP contribution in [0.15, 0.2) is 42.6 Å². The van der Waals surface area contributed by atoms with E-state index in [-0.39, 0.29) is 0 Å². The number of pyridine rings is 1. The minimum Gasteiger partial charge on any atom is -0.221 e. The van der Waals surface area contributed by atoms with Gasteiger partial charge in [0, 0.05) is 6.20 Å². The van der Waals surface area contributed by atoms with E-state index in [1.165, 1.54) is 0 Å². The maximum atomic E-state index is 6.12. The molecule has 0 unspecified atom stereocenters. The molecule has 0 bridgehead atoms. The highest BCUT2D eigenvalue weighted by Crippen LogP contribution is 2.32. The summed E-state index contributed by atoms with van der Waals surface area (Å²) in [7, 11) is 0. The lowest BCUT2D eigenvalue weighted by atomic mass is 10.2. The number of fused-ring (bicyclic) bond motifs is 1. The van der Waals surface area contributed by atoms with E-state index in [1.54, 1.807) is 22.7 Å². The number of aromatic nitrogens is 3. The van der Waals surface area contributed by atoms with Crippen LogP contribution < -0.4 is 0 Å². The number of rotatable bonds is 1. The number of hydrogen-bond donors (Lipinski definition) is 0. The molecule has 0 amide bonds. The molecule has 0 aliphatic heterocycles. The van der Waals surface area contributed by atoms with Crippen molar-refractivity contribution in [1.29, 1.82) is 0 Å². The van der Waals surface area contributed by atoms with E-state index < -0.39 is 0 Å². The summed E-state index contributed by atoms with van der Waals surface area (Å²) in [6, 6.07) is 11.0. The smallest absolute Gasteiger partial charge is 0.185 e. The summed E-state index contributed by atoms with van der Waals surface area (Å²) in [5.41, 5.74) is 1.43. The lowest BCUT2D eigenvalue weighted by Gasteiger charge is -2.00. The largest absolute Gasteiger partial charge is 0.221 e. The van der Waals surface area contributed by atoms with Gasteiger partial charge in [0.05, 0.1) is 15.6 Å². The Bertz CT molecular complexity index is 638. The monoisotopic (exact) mass is 263 g/mol. The van der Waals surface area contributed by atoms with Gasteiger partial charge in [0.15, 0.2) is 11.5 Å². The van der Waals surface area contributed by atoms with Crippen LogP contribution in [0.3, 0.4) is 0 Å². The zero-order valence-corrected chi connectivity index (χ0v) is 10.2. The summed E-state index contributed by atoms with van der Waals surface area (Å²) < 4.78 is 1.69. The van der Waals surface area contributed by atoms with E-state index in [9.17, 15) is 0 Å². The van der Waals surface area contributed by atoms with Crippen LogP contribution in [0.5, 0.6) is 0 Å². The van der Waals surface area contributed by atoms with Crippen LogP contribution in [0.1, 0.15) is 0 Å². The lowest BCUT2D eigenvalue weighted by Crippen LogP contribution is -1.86. The van der Waals surface area contributed by atoms with Crippen LogP contribution in [0, 0.1) is 0 Å². The fraction of sp³-hybridized carbons (Fsp3) is 0. The molecule has 0 N–H and O–H groups in total. The molecule has 3 aromatic rings. The zero-order valence-electron chi connectivity index (χ0n) is 8.64. The van der Waals surface area contributed by atoms with E-state index in [2.05, 4.69) is 10.1 Å². The molecule has 2 aromatic heterocycles. The highest BCUT2D eigenvalue weighted by Gasteiger charge is 2.13. The molecular weight excluding hydrogens is 257 g/mol. The summed E-state index contributed by atoms with van der Waals surface area (Å²) in [4.78, 5) is 4.39. The third kappa shape index (κ3) is 1.77. The van der Waals surface area contributed by atoms with Crippen molar-refractivity contribution in [2.45, 2.75) is 0 Å². The van der Waals surface area contributed by atoms with Gasteiger partial charge in [-0.1, -0.05) is 35.3 Å². The van der Waals surface area contributed by atoms with Gasteiger partial charge in [0.25, 0.3) is 0 Å². The fourth-order valence-corrected chi connectivity index (χ4v) is 2.22. The maximum Gasteiger partial charge on any atom is 0.185 e. The normalized spacial score (nSPS) is 10.9. The quantitative estimate of drug-likeness (QED) is 0.670. The Morgan fingerprint density at radius 1 is 0.941 bits per heavy atom. The highest BCUT2D eigenvalue weighted by molar-refractivity contribution is 6.38. The molecule has 17 heavy (non-hydrogen) atoms. The number of nitrogens with zero attached hydrogens (tertiary/aromatic N) is 3. The fourth-order valence-electron chi connectivity index (χ4n) is 1.65. The van der Waals surface area contributed by atoms with Crippen molar-refractivity contribution in [2.75, 3.05) is 0 Å². The summed E-state index contributed by atoms with van der Waals surface area (Å²) in [6.07, 6.45) is 1.83. The SMILES string of the molecule is Clc1cccc(Cl)c1-c1nc2ccccn2n1. The zero-order chi connectivity index (χ0) is 11.8. The Kier molecular flexibility index (Phi) is 2.50. The first-order valence-corrected chi connectivity index (χ1v) is 5.77. The summed E-state index contributed by atoms with van der Waals surface area (Å²) in [5, 5.41) is 5.44. The summed E-state index contributed by atoms with van der Waals surface area (Å²) in [6.45, 7) is 0. The lowest BCUT2D eigenvalue weighted by molar-refractivity contribution is 0.966. The Labute approximate surface area is 108 Å². The van der Waals surface area contributed by atoms with Crippen LogP contribution in [-0.4, -0.2) is 14.6 Å². The van der Waals surface area contributed by atoms with Gasteiger partial charge < -0.3 is 0 Å². The Morgan fingerprint density at radius 3 is 2.41 bits per heavy atom. The Morgan fingerprint density at radius 2 is 1.71 bits per heavy atom. The van der Waals surface area contributed by atoms with Crippen molar-refractivity contribution < 1.29 is 0 Å². The van der Waals surface area contributed by atoms with Gasteiger partial charge in [-0.2, -0.15) is 0 Å². The molecule has 0 atom stereocenters. The second-order valence-corrected chi connectivity index (χ2v) is 4.35. The van der Waals surface area contributed by atoms with E-state index in [0.717, 1.165) is 5.65 Å². The van der Waals surface area contributed by atoms with Crippen LogP contribution in [0.4, 0.5) is 0 Å². The molecule has 0 fully saturated rings. The van der Waals surface area contributed by atoms with Crippen molar-refractivity contribution in [1.82, 2.24) is 14.6 Å². The molecule has 5 heteroatoms. The number of hydrogen-bond acceptors (Lipinski definition) is 2. The summed E-state index contributed by atoms with van der Waals surface area (Å²) in [5.74, 6) is 0.534. The molecule has 3 nitrogen and oxygen atoms in total. The average molecular weight is 264 g/mol. The third-order valence-corrected chi connectivity index (χ3v) is 3.06. The molecular formula is C12H7Cl2N3. The average Bonchev–Trinajstić information content (AvgIpc) is 2.71. The topological polar surface area (TPSA) is 30.2 Å². The van der Waals surface area contributed by atoms with Crippen molar-refractivity contribution in [3.8, 4) is 11.4 Å². The van der Waals surface area contributed by atoms with Gasteiger partial charge in [-0.25, -0.2) is 9.50 Å². The first-order valence-electron chi connectivity index (χ1n) is 5.01. The van der Waals surface area contributed by atoms with Crippen molar-refractivity contribution in [3.63, 3.8) is 0 Å². The van der Waals surface area contributed by atoms with E-state index in [0.29, 0.717) is 21.4 Å². The molecule has 2 heterocycles. The van der Waals surface area contributed by atoms with Crippen LogP contribution >= 0.6 is 23.2 Å². The summed E-state index contributed by atoms with van der Waals surface area (Å²) >= 11 is 12.2. The van der Waals surface area contributed by atoms with Gasteiger partial charge in [0.1, 0.15) is 0 Å². The molecule has 0 aliphatic rings. The second-order valence-electron chi connectivity index (χ2n) is 3.54. The predicted octanol–water partition coefficient (Wildman–Crippen LogP) is 3.70. The van der Waals surface area contributed by atoms with E-state index in [4.69, 9.17) is 23.2 Å². The molecule has 0 spiro atoms. The Hall–Kier alpha value is -1.58. The molecule has 0 saturated heterocycles. The minimum absolute atomic E-state index is 0.534. The molecule has 0 aliphatic carbocycles. The maximum absolute atomic E-state index is 6.12. The van der Waals surface area contributed by atoms with Crippen molar-refractivity contribution in [2.24, 2.45) is 0 Å². The van der Waals surface area contributed by atoms with Gasteiger partial charge in [-0.15, -0.1) is 5.10 Å². The predicted molar refractivity (Wildman–Crippen MR) is 68.4 cm³/mol. The van der Waals surface area contributed by atoms with Crippen LogP contribution in [0.25, 0.3) is 17.0 Å². The van der Waals surface area contributed by atoms with Crippen molar-refractivity contribution in [3.05, 3.63) is 52.6 Å². The van der Waals surface area contributed by atoms with Crippen LogP contribution in [-0.2, 0) is 0 Å². The highest BCUT2D eigenvalue weighted by atomic mass is 35.5. The van der Waals surface area contributed by atoms with E-state index in [1.807, 2.05) is 24.4 Å². The minimum atomic E-state index is 0.534. The van der Waals surface area contributed by atoms with Crippen molar-refractivity contribution >= 4 is 28.8 Å². The first-order chi connectivity index (χ1) is 8.25. The molecule has 0 saturated carbocycles. The van der Waals surface area contributed by atoms with E-state index >= 15 is 0 Å². The van der Waals surface area contributed by atoms with Gasteiger partial charge in [-0.05, 0) is 24.3 Å². The third-order valence-electron chi connectivity index (χ3n) is 2.43. The molecule has 0 radical (unpaired) electrons. The molecule has 1 aromatic carbocycles. The number of benzene rings is 1. The molecule has 3 rings (SSSR count). The molecule has 84 valence electrons. The van der Waals surface area contributed by atoms with Gasteiger partial charge >= 0.3 is 0 Å². The van der Waals surface area contributed by atoms with Gasteiger partial charge in [-0.3, -0.25) is 0 Å². The van der Waals surface area contributed by atoms with Gasteiger partial charge in [0.2, 0.25) is 0 Å². The Balaban J connectivity index is 2.27.